The molecular formula is C16H19N5OS2. The quantitative estimate of drug-likeness (QED) is 0.633. The molecule has 3 heterocycles. The summed E-state index contributed by atoms with van der Waals surface area (Å²) in [6.45, 7) is 3.26. The third-order valence-corrected chi connectivity index (χ3v) is 5.25. The highest BCUT2D eigenvalue weighted by atomic mass is 32.1. The first kappa shape index (κ1) is 16.7. The van der Waals surface area contributed by atoms with E-state index in [4.69, 9.17) is 0 Å². The van der Waals surface area contributed by atoms with E-state index >= 15 is 0 Å². The van der Waals surface area contributed by atoms with Gasteiger partial charge in [0.05, 0.1) is 17.7 Å². The molecule has 0 saturated heterocycles. The number of aryl methyl sites for hydroxylation is 2. The molecule has 0 atom stereocenters. The zero-order valence-corrected chi connectivity index (χ0v) is 15.0. The number of carbonyl (C=O) groups is 1. The molecule has 2 amide bonds. The Bertz CT molecular complexity index is 778. The monoisotopic (exact) mass is 361 g/mol. The number of amides is 2. The zero-order valence-electron chi connectivity index (χ0n) is 13.4. The first-order chi connectivity index (χ1) is 11.7. The van der Waals surface area contributed by atoms with Gasteiger partial charge in [-0.05, 0) is 24.8 Å². The van der Waals surface area contributed by atoms with Gasteiger partial charge in [0.2, 0.25) is 0 Å². The van der Waals surface area contributed by atoms with Crippen molar-refractivity contribution in [2.75, 3.05) is 11.9 Å². The fraction of sp³-hybridized carbons (Fsp3) is 0.312. The summed E-state index contributed by atoms with van der Waals surface area (Å²) in [6.07, 6.45) is 3.44. The Morgan fingerprint density at radius 2 is 2.25 bits per heavy atom. The average molecular weight is 361 g/mol. The molecule has 0 unspecified atom stereocenters. The van der Waals surface area contributed by atoms with Crippen LogP contribution in [0.3, 0.4) is 0 Å². The van der Waals surface area contributed by atoms with Crippen molar-refractivity contribution >= 4 is 34.5 Å². The summed E-state index contributed by atoms with van der Waals surface area (Å²) in [5.74, 6) is 0.691. The Hall–Kier alpha value is -2.19. The molecule has 2 N–H and O–H groups in total. The first-order valence-electron chi connectivity index (χ1n) is 7.71. The van der Waals surface area contributed by atoms with E-state index in [9.17, 15) is 4.79 Å². The van der Waals surface area contributed by atoms with Crippen molar-refractivity contribution in [1.82, 2.24) is 20.1 Å². The van der Waals surface area contributed by atoms with Crippen LogP contribution >= 0.6 is 22.7 Å². The van der Waals surface area contributed by atoms with Crippen LogP contribution in [-0.2, 0) is 13.0 Å². The Kier molecular flexibility index (Phi) is 5.60. The van der Waals surface area contributed by atoms with E-state index < -0.39 is 0 Å². The van der Waals surface area contributed by atoms with Crippen molar-refractivity contribution < 1.29 is 4.79 Å². The first-order valence-corrected chi connectivity index (χ1v) is 9.47. The molecule has 3 rings (SSSR count). The largest absolute Gasteiger partial charge is 0.338 e. The van der Waals surface area contributed by atoms with Crippen molar-refractivity contribution in [2.24, 2.45) is 0 Å². The summed E-state index contributed by atoms with van der Waals surface area (Å²) in [6, 6.07) is 5.65. The number of carbonyl (C=O) groups excluding carboxylic acids is 1. The molecule has 0 bridgehead atoms. The lowest BCUT2D eigenvalue weighted by Gasteiger charge is -2.09. The lowest BCUT2D eigenvalue weighted by Crippen LogP contribution is -2.30. The Morgan fingerprint density at radius 3 is 3.00 bits per heavy atom. The maximum absolute atomic E-state index is 12.0. The number of nitrogens with zero attached hydrogens (tertiary/aromatic N) is 3. The minimum absolute atomic E-state index is 0.210. The summed E-state index contributed by atoms with van der Waals surface area (Å²) in [5.41, 5.74) is 1.06. The van der Waals surface area contributed by atoms with E-state index in [1.54, 1.807) is 39.6 Å². The van der Waals surface area contributed by atoms with E-state index in [1.807, 2.05) is 23.8 Å². The van der Waals surface area contributed by atoms with Gasteiger partial charge in [0.15, 0.2) is 0 Å². The number of thiophene rings is 1. The third kappa shape index (κ3) is 4.65. The molecule has 0 aliphatic rings. The van der Waals surface area contributed by atoms with Gasteiger partial charge in [0.25, 0.3) is 0 Å². The van der Waals surface area contributed by atoms with Crippen molar-refractivity contribution in [3.63, 3.8) is 0 Å². The highest BCUT2D eigenvalue weighted by Gasteiger charge is 2.08. The second-order valence-corrected chi connectivity index (χ2v) is 7.30. The number of hydrogen-bond donors (Lipinski definition) is 2. The predicted octanol–water partition coefficient (Wildman–Crippen LogP) is 3.51. The lowest BCUT2D eigenvalue weighted by atomic mass is 10.3. The molecule has 126 valence electrons. The van der Waals surface area contributed by atoms with Crippen molar-refractivity contribution in [1.29, 1.82) is 0 Å². The van der Waals surface area contributed by atoms with E-state index in [0.29, 0.717) is 18.9 Å². The van der Waals surface area contributed by atoms with Gasteiger partial charge < -0.3 is 5.32 Å². The molecule has 3 aromatic rings. The van der Waals surface area contributed by atoms with Gasteiger partial charge >= 0.3 is 6.03 Å². The smallest absolute Gasteiger partial charge is 0.320 e. The van der Waals surface area contributed by atoms with Crippen LogP contribution in [0, 0.1) is 6.92 Å². The molecule has 0 spiro atoms. The molecule has 8 heteroatoms. The van der Waals surface area contributed by atoms with Crippen LogP contribution in [0.25, 0.3) is 0 Å². The summed E-state index contributed by atoms with van der Waals surface area (Å²) < 4.78 is 1.78. The van der Waals surface area contributed by atoms with Gasteiger partial charge in [0.1, 0.15) is 5.82 Å². The average Bonchev–Trinajstić information content (AvgIpc) is 3.29. The zero-order chi connectivity index (χ0) is 16.8. The summed E-state index contributed by atoms with van der Waals surface area (Å²) in [5, 5.41) is 15.2. The van der Waals surface area contributed by atoms with Crippen LogP contribution in [0.5, 0.6) is 0 Å². The molecule has 0 aromatic carbocycles. The number of thiazole rings is 1. The molecule has 6 nitrogen and oxygen atoms in total. The van der Waals surface area contributed by atoms with Gasteiger partial charge in [-0.3, -0.25) is 5.32 Å². The molecule has 0 aliphatic carbocycles. The van der Waals surface area contributed by atoms with E-state index in [0.717, 1.165) is 23.5 Å². The van der Waals surface area contributed by atoms with E-state index in [-0.39, 0.29) is 6.03 Å². The molecule has 0 fully saturated rings. The molecular weight excluding hydrogens is 342 g/mol. The number of hydrogen-bond acceptors (Lipinski definition) is 5. The normalized spacial score (nSPS) is 10.7. The minimum atomic E-state index is -0.210. The lowest BCUT2D eigenvalue weighted by molar-refractivity contribution is 0.252. The minimum Gasteiger partial charge on any atom is -0.338 e. The van der Waals surface area contributed by atoms with Crippen LogP contribution < -0.4 is 10.6 Å². The highest BCUT2D eigenvalue weighted by molar-refractivity contribution is 7.10. The third-order valence-electron chi connectivity index (χ3n) is 3.36. The van der Waals surface area contributed by atoms with Crippen LogP contribution in [-0.4, -0.2) is 27.3 Å². The molecule has 0 aliphatic heterocycles. The maximum Gasteiger partial charge on any atom is 0.320 e. The Balaban J connectivity index is 1.43. The number of rotatable bonds is 7. The number of urea groups is 1. The predicted molar refractivity (Wildman–Crippen MR) is 97.8 cm³/mol. The van der Waals surface area contributed by atoms with Gasteiger partial charge in [-0.1, -0.05) is 6.07 Å². The highest BCUT2D eigenvalue weighted by Crippen LogP contribution is 2.14. The number of anilines is 1. The second kappa shape index (κ2) is 8.07. The number of aromatic nitrogens is 3. The molecule has 0 radical (unpaired) electrons. The fourth-order valence-corrected chi connectivity index (χ4v) is 3.74. The molecule has 3 aromatic heterocycles. The van der Waals surface area contributed by atoms with Crippen molar-refractivity contribution in [3.05, 3.63) is 50.7 Å². The summed E-state index contributed by atoms with van der Waals surface area (Å²) in [7, 11) is 0. The number of nitrogens with one attached hydrogen (secondary N) is 2. The van der Waals surface area contributed by atoms with Crippen LogP contribution in [0.4, 0.5) is 10.6 Å². The Labute approximate surface area is 148 Å². The van der Waals surface area contributed by atoms with Crippen LogP contribution in [0.1, 0.15) is 22.0 Å². The molecule has 24 heavy (non-hydrogen) atoms. The maximum atomic E-state index is 12.0. The standard InChI is InChI=1S/C16H19N5OS2/c1-12-11-24-15(19-12)5-2-7-17-16(22)20-14-6-8-18-21(14)10-13-4-3-9-23-13/h3-4,6,8-9,11H,2,5,7,10H2,1H3,(H2,17,20,22). The van der Waals surface area contributed by atoms with Gasteiger partial charge in [-0.25, -0.2) is 14.5 Å². The van der Waals surface area contributed by atoms with Gasteiger partial charge in [-0.2, -0.15) is 5.10 Å². The molecule has 0 saturated carbocycles. The van der Waals surface area contributed by atoms with E-state index in [2.05, 4.69) is 26.8 Å². The van der Waals surface area contributed by atoms with Crippen molar-refractivity contribution in [3.8, 4) is 0 Å². The Morgan fingerprint density at radius 1 is 1.33 bits per heavy atom. The van der Waals surface area contributed by atoms with Gasteiger partial charge in [0, 0.05) is 35.0 Å². The fourth-order valence-electron chi connectivity index (χ4n) is 2.23. The SMILES string of the molecule is Cc1csc(CCCNC(=O)Nc2ccnn2Cc2cccs2)n1. The van der Waals surface area contributed by atoms with Crippen molar-refractivity contribution in [2.45, 2.75) is 26.3 Å². The van der Waals surface area contributed by atoms with Crippen LogP contribution in [0.2, 0.25) is 0 Å². The van der Waals surface area contributed by atoms with Crippen LogP contribution in [0.15, 0.2) is 35.2 Å². The second-order valence-electron chi connectivity index (χ2n) is 5.32. The summed E-state index contributed by atoms with van der Waals surface area (Å²) >= 11 is 3.34. The van der Waals surface area contributed by atoms with E-state index in [1.165, 1.54) is 4.88 Å². The topological polar surface area (TPSA) is 71.8 Å². The summed E-state index contributed by atoms with van der Waals surface area (Å²) in [4.78, 5) is 17.6. The van der Waals surface area contributed by atoms with Gasteiger partial charge in [-0.15, -0.1) is 22.7 Å².